The number of aryl methyl sites for hydroxylation is 2. The number of rotatable bonds is 8. The Morgan fingerprint density at radius 1 is 1.07 bits per heavy atom. The maximum absolute atomic E-state index is 12.7. The fourth-order valence-corrected chi connectivity index (χ4v) is 2.65. The molecule has 8 heteroatoms. The van der Waals surface area contributed by atoms with E-state index < -0.39 is 28.9 Å². The number of carbonyl (C=O) groups excluding carboxylic acids is 3. The van der Waals surface area contributed by atoms with E-state index in [0.717, 1.165) is 5.56 Å². The van der Waals surface area contributed by atoms with Gasteiger partial charge in [0.05, 0.1) is 23.5 Å². The Bertz CT molecular complexity index is 932. The predicted molar refractivity (Wildman–Crippen MR) is 99.7 cm³/mol. The van der Waals surface area contributed by atoms with Crippen LogP contribution in [0.2, 0.25) is 0 Å². The van der Waals surface area contributed by atoms with Gasteiger partial charge in [-0.2, -0.15) is 0 Å². The number of nitro groups is 1. The van der Waals surface area contributed by atoms with E-state index in [9.17, 15) is 24.5 Å². The fourth-order valence-electron chi connectivity index (χ4n) is 2.65. The van der Waals surface area contributed by atoms with Crippen molar-refractivity contribution in [2.24, 2.45) is 0 Å². The topological polar surface area (TPSA) is 113 Å². The Morgan fingerprint density at radius 2 is 1.71 bits per heavy atom. The maximum atomic E-state index is 12.7. The molecule has 28 heavy (non-hydrogen) atoms. The first-order valence-electron chi connectivity index (χ1n) is 8.49. The lowest BCUT2D eigenvalue weighted by Gasteiger charge is -2.14. The van der Waals surface area contributed by atoms with Crippen molar-refractivity contribution in [3.8, 4) is 11.5 Å². The van der Waals surface area contributed by atoms with E-state index in [4.69, 9.17) is 4.74 Å². The number of esters is 1. The molecule has 146 valence electrons. The summed E-state index contributed by atoms with van der Waals surface area (Å²) in [5.74, 6) is -2.08. The normalized spacial score (nSPS) is 10.2. The first-order chi connectivity index (χ1) is 13.2. The molecule has 0 radical (unpaired) electrons. The average molecular weight is 385 g/mol. The maximum Gasteiger partial charge on any atom is 0.375 e. The summed E-state index contributed by atoms with van der Waals surface area (Å²) in [7, 11) is 0. The van der Waals surface area contributed by atoms with E-state index in [2.05, 4.69) is 4.74 Å². The Kier molecular flexibility index (Phi) is 6.59. The molecule has 2 rings (SSSR count). The van der Waals surface area contributed by atoms with Crippen molar-refractivity contribution in [3.63, 3.8) is 0 Å². The fraction of sp³-hybridized carbons (Fsp3) is 0.250. The Morgan fingerprint density at radius 3 is 2.29 bits per heavy atom. The van der Waals surface area contributed by atoms with Gasteiger partial charge in [0, 0.05) is 12.1 Å². The monoisotopic (exact) mass is 385 g/mol. The van der Waals surface area contributed by atoms with Crippen LogP contribution in [0.5, 0.6) is 11.5 Å². The van der Waals surface area contributed by atoms with Crippen molar-refractivity contribution < 1.29 is 28.8 Å². The van der Waals surface area contributed by atoms with Crippen LogP contribution in [0.1, 0.15) is 34.8 Å². The lowest BCUT2D eigenvalue weighted by Crippen LogP contribution is -2.21. The van der Waals surface area contributed by atoms with Crippen molar-refractivity contribution in [2.45, 2.75) is 27.2 Å². The third-order valence-corrected chi connectivity index (χ3v) is 3.82. The SMILES string of the molecule is CCOC(=O)C(=O)CC(=O)c1c(C)cc(C)cc1Oc1ccc([N+](=O)[O-])cc1. The molecule has 0 unspecified atom stereocenters. The number of ketones is 2. The molecule has 0 aliphatic rings. The molecule has 0 heterocycles. The van der Waals surface area contributed by atoms with Crippen LogP contribution in [-0.4, -0.2) is 29.1 Å². The highest BCUT2D eigenvalue weighted by molar-refractivity contribution is 6.38. The van der Waals surface area contributed by atoms with E-state index in [1.54, 1.807) is 26.0 Å². The van der Waals surface area contributed by atoms with Crippen LogP contribution >= 0.6 is 0 Å². The molecule has 0 saturated heterocycles. The lowest BCUT2D eigenvalue weighted by atomic mass is 9.98. The van der Waals surface area contributed by atoms with Gasteiger partial charge in [-0.15, -0.1) is 0 Å². The van der Waals surface area contributed by atoms with Gasteiger partial charge in [0.25, 0.3) is 5.69 Å². The average Bonchev–Trinajstić information content (AvgIpc) is 2.61. The van der Waals surface area contributed by atoms with Gasteiger partial charge in [0.1, 0.15) is 11.5 Å². The highest BCUT2D eigenvalue weighted by atomic mass is 16.6. The summed E-state index contributed by atoms with van der Waals surface area (Å²) in [6.45, 7) is 5.11. The molecule has 0 aromatic heterocycles. The number of hydrogen-bond donors (Lipinski definition) is 0. The number of hydrogen-bond acceptors (Lipinski definition) is 7. The van der Waals surface area contributed by atoms with Crippen molar-refractivity contribution >= 4 is 23.2 Å². The molecule has 0 atom stereocenters. The van der Waals surface area contributed by atoms with Crippen LogP contribution in [0.3, 0.4) is 0 Å². The van der Waals surface area contributed by atoms with Crippen LogP contribution < -0.4 is 4.74 Å². The molecule has 0 saturated carbocycles. The molecule has 0 amide bonds. The molecule has 0 N–H and O–H groups in total. The highest BCUT2D eigenvalue weighted by Crippen LogP contribution is 2.31. The molecule has 8 nitrogen and oxygen atoms in total. The molecule has 0 aliphatic heterocycles. The van der Waals surface area contributed by atoms with Gasteiger partial charge in [0.2, 0.25) is 5.78 Å². The number of benzene rings is 2. The Labute approximate surface area is 161 Å². The summed E-state index contributed by atoms with van der Waals surface area (Å²) in [6, 6.07) is 8.76. The zero-order valence-electron chi connectivity index (χ0n) is 15.7. The highest BCUT2D eigenvalue weighted by Gasteiger charge is 2.24. The minimum Gasteiger partial charge on any atom is -0.460 e. The zero-order chi connectivity index (χ0) is 20.8. The summed E-state index contributed by atoms with van der Waals surface area (Å²) in [5, 5.41) is 10.8. The number of non-ortho nitro benzene ring substituents is 1. The summed E-state index contributed by atoms with van der Waals surface area (Å²) in [4.78, 5) is 46.2. The second-order valence-corrected chi connectivity index (χ2v) is 6.05. The first kappa shape index (κ1) is 20.8. The van der Waals surface area contributed by atoms with Gasteiger partial charge >= 0.3 is 5.97 Å². The van der Waals surface area contributed by atoms with E-state index in [-0.39, 0.29) is 23.6 Å². The standard InChI is InChI=1S/C20H19NO7/c1-4-27-20(24)17(23)11-16(22)19-13(3)9-12(2)10-18(19)28-15-7-5-14(6-8-15)21(25)26/h5-10H,4,11H2,1-3H3. The molecule has 2 aromatic rings. The lowest BCUT2D eigenvalue weighted by molar-refractivity contribution is -0.384. The minimum atomic E-state index is -1.06. The first-order valence-corrected chi connectivity index (χ1v) is 8.49. The van der Waals surface area contributed by atoms with E-state index in [1.165, 1.54) is 24.3 Å². The Hall–Kier alpha value is -3.55. The van der Waals surface area contributed by atoms with Crippen LogP contribution in [-0.2, 0) is 14.3 Å². The summed E-state index contributed by atoms with van der Waals surface area (Å²) in [5.41, 5.74) is 1.48. The van der Waals surface area contributed by atoms with E-state index >= 15 is 0 Å². The van der Waals surface area contributed by atoms with E-state index in [0.29, 0.717) is 11.3 Å². The third-order valence-electron chi connectivity index (χ3n) is 3.82. The van der Waals surface area contributed by atoms with Gasteiger partial charge in [-0.25, -0.2) is 4.79 Å². The van der Waals surface area contributed by atoms with Crippen molar-refractivity contribution in [2.75, 3.05) is 6.61 Å². The quantitative estimate of drug-likeness (QED) is 0.170. The van der Waals surface area contributed by atoms with Gasteiger partial charge in [0.15, 0.2) is 5.78 Å². The number of ether oxygens (including phenoxy) is 2. The largest absolute Gasteiger partial charge is 0.460 e. The minimum absolute atomic E-state index is 0.0385. The van der Waals surface area contributed by atoms with Gasteiger partial charge in [-0.05, 0) is 50.1 Å². The van der Waals surface area contributed by atoms with E-state index in [1.807, 2.05) is 6.92 Å². The van der Waals surface area contributed by atoms with Gasteiger partial charge < -0.3 is 9.47 Å². The summed E-state index contributed by atoms with van der Waals surface area (Å²) < 4.78 is 10.4. The predicted octanol–water partition coefficient (Wildman–Crippen LogP) is 3.71. The van der Waals surface area contributed by atoms with Crippen LogP contribution in [0.15, 0.2) is 36.4 Å². The molecular formula is C20H19NO7. The van der Waals surface area contributed by atoms with Gasteiger partial charge in [-0.1, -0.05) is 6.07 Å². The third kappa shape index (κ3) is 5.00. The molecule has 0 aliphatic carbocycles. The van der Waals surface area contributed by atoms with Crippen LogP contribution in [0.4, 0.5) is 5.69 Å². The molecular weight excluding hydrogens is 366 g/mol. The number of carbonyl (C=O) groups is 3. The summed E-state index contributed by atoms with van der Waals surface area (Å²) in [6.07, 6.45) is -0.640. The molecule has 2 aromatic carbocycles. The smallest absolute Gasteiger partial charge is 0.375 e. The molecule has 0 bridgehead atoms. The van der Waals surface area contributed by atoms with Crippen molar-refractivity contribution in [1.29, 1.82) is 0 Å². The van der Waals surface area contributed by atoms with Crippen LogP contribution in [0.25, 0.3) is 0 Å². The Balaban J connectivity index is 2.32. The van der Waals surface area contributed by atoms with Crippen LogP contribution in [0, 0.1) is 24.0 Å². The van der Waals surface area contributed by atoms with Gasteiger partial charge in [-0.3, -0.25) is 19.7 Å². The second kappa shape index (κ2) is 8.90. The molecule has 0 fully saturated rings. The number of nitrogens with zero attached hydrogens (tertiary/aromatic N) is 1. The zero-order valence-corrected chi connectivity index (χ0v) is 15.7. The summed E-state index contributed by atoms with van der Waals surface area (Å²) >= 11 is 0. The van der Waals surface area contributed by atoms with Crippen molar-refractivity contribution in [3.05, 3.63) is 63.2 Å². The molecule has 0 spiro atoms. The number of Topliss-reactive ketones (excluding diaryl/α,β-unsaturated/α-hetero) is 2. The number of nitro benzene ring substituents is 1. The second-order valence-electron chi connectivity index (χ2n) is 6.05. The van der Waals surface area contributed by atoms with Crippen molar-refractivity contribution in [1.82, 2.24) is 0 Å².